The second-order valence-electron chi connectivity index (χ2n) is 2.77. The van der Waals surface area contributed by atoms with Crippen LogP contribution >= 0.6 is 23.1 Å². The van der Waals surface area contributed by atoms with Gasteiger partial charge in [0.25, 0.3) is 0 Å². The van der Waals surface area contributed by atoms with Crippen molar-refractivity contribution >= 4 is 29.1 Å². The number of rotatable bonds is 3. The number of hydrogen-bond acceptors (Lipinski definition) is 3. The summed E-state index contributed by atoms with van der Waals surface area (Å²) in [4.78, 5) is 12.1. The minimum Gasteiger partial charge on any atom is -0.477 e. The highest BCUT2D eigenvalue weighted by Gasteiger charge is 2.23. The molecule has 12 heavy (non-hydrogen) atoms. The van der Waals surface area contributed by atoms with Crippen LogP contribution in [0.5, 0.6) is 0 Å². The number of carboxylic acids is 1. The Labute approximate surface area is 78.6 Å². The third-order valence-electron chi connectivity index (χ3n) is 1.61. The van der Waals surface area contributed by atoms with Gasteiger partial charge in [-0.05, 0) is 18.9 Å². The molecule has 0 saturated heterocycles. The summed E-state index contributed by atoms with van der Waals surface area (Å²) in [5.41, 5.74) is 0. The fourth-order valence-corrected chi connectivity index (χ4v) is 2.86. The maximum Gasteiger partial charge on any atom is 0.345 e. The van der Waals surface area contributed by atoms with Gasteiger partial charge in [-0.2, -0.15) is 0 Å². The molecule has 1 aromatic rings. The highest BCUT2D eigenvalue weighted by atomic mass is 32.2. The molecule has 1 N–H and O–H groups in total. The Kier molecular flexibility index (Phi) is 2.11. The van der Waals surface area contributed by atoms with Crippen LogP contribution in [0.3, 0.4) is 0 Å². The van der Waals surface area contributed by atoms with Gasteiger partial charge in [-0.3, -0.25) is 0 Å². The van der Waals surface area contributed by atoms with Crippen molar-refractivity contribution in [3.63, 3.8) is 0 Å². The molecule has 1 saturated carbocycles. The van der Waals surface area contributed by atoms with Crippen molar-refractivity contribution < 1.29 is 9.90 Å². The zero-order valence-electron chi connectivity index (χ0n) is 6.32. The van der Waals surface area contributed by atoms with Crippen molar-refractivity contribution in [1.82, 2.24) is 0 Å². The smallest absolute Gasteiger partial charge is 0.345 e. The molecule has 1 aliphatic carbocycles. The third-order valence-corrected chi connectivity index (χ3v) is 3.99. The van der Waals surface area contributed by atoms with Crippen LogP contribution in [0.1, 0.15) is 22.5 Å². The molecule has 1 aromatic heterocycles. The van der Waals surface area contributed by atoms with Crippen molar-refractivity contribution in [2.75, 3.05) is 0 Å². The van der Waals surface area contributed by atoms with E-state index in [1.165, 1.54) is 24.2 Å². The zero-order valence-corrected chi connectivity index (χ0v) is 7.95. The van der Waals surface area contributed by atoms with Gasteiger partial charge in [0.05, 0.1) is 0 Å². The third kappa shape index (κ3) is 1.81. The van der Waals surface area contributed by atoms with Crippen molar-refractivity contribution in [1.29, 1.82) is 0 Å². The zero-order chi connectivity index (χ0) is 8.55. The highest BCUT2D eigenvalue weighted by Crippen LogP contribution is 2.40. The predicted octanol–water partition coefficient (Wildman–Crippen LogP) is 2.70. The monoisotopic (exact) mass is 200 g/mol. The van der Waals surface area contributed by atoms with E-state index in [-0.39, 0.29) is 0 Å². The first-order chi connectivity index (χ1) is 5.75. The van der Waals surface area contributed by atoms with Gasteiger partial charge in [0.2, 0.25) is 0 Å². The molecule has 2 nitrogen and oxygen atoms in total. The van der Waals surface area contributed by atoms with E-state index >= 15 is 0 Å². The Hall–Kier alpha value is -0.480. The first-order valence-electron chi connectivity index (χ1n) is 3.74. The van der Waals surface area contributed by atoms with Gasteiger partial charge in [0.15, 0.2) is 0 Å². The standard InChI is InChI=1S/C8H8O2S2/c9-8(10)7-3-6(4-11-7)12-5-1-2-5/h3-5H,1-2H2,(H,9,10). The van der Waals surface area contributed by atoms with Gasteiger partial charge in [-0.1, -0.05) is 0 Å². The molecule has 64 valence electrons. The summed E-state index contributed by atoms with van der Waals surface area (Å²) in [6, 6.07) is 1.76. The quantitative estimate of drug-likeness (QED) is 0.815. The number of carboxylic acid groups (broad SMARTS) is 1. The summed E-state index contributed by atoms with van der Waals surface area (Å²) in [5, 5.41) is 11.3. The maximum absolute atomic E-state index is 10.5. The molecule has 0 aromatic carbocycles. The van der Waals surface area contributed by atoms with E-state index in [1.807, 2.05) is 5.38 Å². The molecular formula is C8H8O2S2. The van der Waals surface area contributed by atoms with Gasteiger partial charge in [0, 0.05) is 15.5 Å². The first-order valence-corrected chi connectivity index (χ1v) is 5.50. The molecule has 2 rings (SSSR count). The van der Waals surface area contributed by atoms with Gasteiger partial charge >= 0.3 is 5.97 Å². The molecule has 4 heteroatoms. The normalized spacial score (nSPS) is 16.3. The summed E-state index contributed by atoms with van der Waals surface area (Å²) in [6.07, 6.45) is 2.56. The van der Waals surface area contributed by atoms with E-state index in [0.29, 0.717) is 4.88 Å². The van der Waals surface area contributed by atoms with Crippen molar-refractivity contribution in [3.8, 4) is 0 Å². The fraction of sp³-hybridized carbons (Fsp3) is 0.375. The minimum absolute atomic E-state index is 0.443. The Morgan fingerprint density at radius 3 is 2.92 bits per heavy atom. The van der Waals surface area contributed by atoms with Gasteiger partial charge in [-0.25, -0.2) is 4.79 Å². The molecule has 0 amide bonds. The van der Waals surface area contributed by atoms with Crippen LogP contribution in [-0.2, 0) is 0 Å². The van der Waals surface area contributed by atoms with Crippen LogP contribution in [0.25, 0.3) is 0 Å². The number of aromatic carboxylic acids is 1. The molecule has 0 aliphatic heterocycles. The van der Waals surface area contributed by atoms with Crippen LogP contribution in [-0.4, -0.2) is 16.3 Å². The van der Waals surface area contributed by atoms with Gasteiger partial charge in [0.1, 0.15) is 4.88 Å². The van der Waals surface area contributed by atoms with Crippen LogP contribution in [0.15, 0.2) is 16.3 Å². The average Bonchev–Trinajstić information content (AvgIpc) is 2.66. The molecule has 1 heterocycles. The maximum atomic E-state index is 10.5. The summed E-state index contributed by atoms with van der Waals surface area (Å²) in [5.74, 6) is -0.817. The molecule has 0 radical (unpaired) electrons. The molecule has 0 spiro atoms. The lowest BCUT2D eigenvalue weighted by molar-refractivity contribution is 0.0702. The lowest BCUT2D eigenvalue weighted by Crippen LogP contribution is -1.89. The Balaban J connectivity index is 2.06. The Morgan fingerprint density at radius 2 is 2.42 bits per heavy atom. The molecule has 0 atom stereocenters. The van der Waals surface area contributed by atoms with Crippen LogP contribution in [0.4, 0.5) is 0 Å². The summed E-state index contributed by atoms with van der Waals surface area (Å²) in [6.45, 7) is 0. The first kappa shape index (κ1) is 8.13. The summed E-state index contributed by atoms with van der Waals surface area (Å²) >= 11 is 3.10. The minimum atomic E-state index is -0.817. The number of hydrogen-bond donors (Lipinski definition) is 1. The Bertz CT molecular complexity index is 302. The molecule has 0 bridgehead atoms. The van der Waals surface area contributed by atoms with Crippen molar-refractivity contribution in [3.05, 3.63) is 16.3 Å². The summed E-state index contributed by atoms with van der Waals surface area (Å²) < 4.78 is 0. The fourth-order valence-electron chi connectivity index (χ4n) is 0.871. The van der Waals surface area contributed by atoms with Crippen LogP contribution in [0, 0.1) is 0 Å². The number of thiophene rings is 1. The van der Waals surface area contributed by atoms with Gasteiger partial charge < -0.3 is 5.11 Å². The molecular weight excluding hydrogens is 192 g/mol. The molecule has 0 unspecified atom stereocenters. The van der Waals surface area contributed by atoms with E-state index in [9.17, 15) is 4.79 Å². The largest absolute Gasteiger partial charge is 0.477 e. The predicted molar refractivity (Wildman–Crippen MR) is 50.2 cm³/mol. The summed E-state index contributed by atoms with van der Waals surface area (Å²) in [7, 11) is 0. The lowest BCUT2D eigenvalue weighted by atomic mass is 10.5. The van der Waals surface area contributed by atoms with Crippen LogP contribution in [0.2, 0.25) is 0 Å². The molecule has 1 fully saturated rings. The van der Waals surface area contributed by atoms with E-state index in [2.05, 4.69) is 0 Å². The Morgan fingerprint density at radius 1 is 1.67 bits per heavy atom. The van der Waals surface area contributed by atoms with E-state index in [0.717, 1.165) is 10.1 Å². The SMILES string of the molecule is O=C(O)c1cc(SC2CC2)cs1. The van der Waals surface area contributed by atoms with E-state index < -0.39 is 5.97 Å². The van der Waals surface area contributed by atoms with E-state index in [4.69, 9.17) is 5.11 Å². The van der Waals surface area contributed by atoms with Gasteiger partial charge in [-0.15, -0.1) is 23.1 Å². The highest BCUT2D eigenvalue weighted by molar-refractivity contribution is 8.00. The topological polar surface area (TPSA) is 37.3 Å². The van der Waals surface area contributed by atoms with E-state index in [1.54, 1.807) is 17.8 Å². The average molecular weight is 200 g/mol. The second kappa shape index (κ2) is 3.11. The van der Waals surface area contributed by atoms with Crippen molar-refractivity contribution in [2.24, 2.45) is 0 Å². The lowest BCUT2D eigenvalue weighted by Gasteiger charge is -1.90. The number of thioether (sulfide) groups is 1. The van der Waals surface area contributed by atoms with Crippen LogP contribution < -0.4 is 0 Å². The second-order valence-corrected chi connectivity index (χ2v) is 5.05. The molecule has 1 aliphatic rings. The van der Waals surface area contributed by atoms with Crippen molar-refractivity contribution in [2.45, 2.75) is 23.0 Å². The number of carbonyl (C=O) groups is 1.